The van der Waals surface area contributed by atoms with Crippen molar-refractivity contribution >= 4 is 5.82 Å². The first-order valence-electron chi connectivity index (χ1n) is 6.50. The van der Waals surface area contributed by atoms with Crippen molar-refractivity contribution in [3.8, 4) is 0 Å². The molecule has 3 nitrogen and oxygen atoms in total. The lowest BCUT2D eigenvalue weighted by Gasteiger charge is -2.24. The van der Waals surface area contributed by atoms with Gasteiger partial charge < -0.3 is 10.3 Å². The van der Waals surface area contributed by atoms with E-state index in [-0.39, 0.29) is 0 Å². The highest BCUT2D eigenvalue weighted by Crippen LogP contribution is 2.39. The fourth-order valence-electron chi connectivity index (χ4n) is 2.38. The van der Waals surface area contributed by atoms with Gasteiger partial charge in [-0.2, -0.15) is 0 Å². The van der Waals surface area contributed by atoms with E-state index in [9.17, 15) is 0 Å². The van der Waals surface area contributed by atoms with E-state index in [0.29, 0.717) is 11.8 Å². The molecule has 1 aromatic heterocycles. The Balaban J connectivity index is 2.35. The van der Waals surface area contributed by atoms with Crippen molar-refractivity contribution < 1.29 is 0 Å². The minimum absolute atomic E-state index is 0.461. The lowest BCUT2D eigenvalue weighted by atomic mass is 9.83. The van der Waals surface area contributed by atoms with Crippen LogP contribution in [0.15, 0.2) is 0 Å². The first-order chi connectivity index (χ1) is 7.65. The summed E-state index contributed by atoms with van der Waals surface area (Å²) in [5.41, 5.74) is 7.41. The maximum Gasteiger partial charge on any atom is 0.127 e. The zero-order valence-corrected chi connectivity index (χ0v) is 10.7. The molecule has 1 aliphatic carbocycles. The van der Waals surface area contributed by atoms with Gasteiger partial charge in [0.2, 0.25) is 0 Å². The molecule has 0 unspecified atom stereocenters. The molecular weight excluding hydrogens is 198 g/mol. The van der Waals surface area contributed by atoms with E-state index in [0.717, 1.165) is 18.8 Å². The van der Waals surface area contributed by atoms with Gasteiger partial charge in [0.25, 0.3) is 0 Å². The van der Waals surface area contributed by atoms with Crippen molar-refractivity contribution in [3.05, 3.63) is 11.5 Å². The second kappa shape index (κ2) is 4.48. The molecule has 1 aliphatic rings. The van der Waals surface area contributed by atoms with Gasteiger partial charge in [-0.3, -0.25) is 0 Å². The lowest BCUT2D eigenvalue weighted by Crippen LogP contribution is -2.12. The Morgan fingerprint density at radius 3 is 2.56 bits per heavy atom. The number of hydrogen-bond acceptors (Lipinski definition) is 2. The zero-order chi connectivity index (χ0) is 11.7. The van der Waals surface area contributed by atoms with E-state index < -0.39 is 0 Å². The highest BCUT2D eigenvalue weighted by atomic mass is 15.1. The number of aromatic nitrogens is 2. The summed E-state index contributed by atoms with van der Waals surface area (Å²) < 4.78 is 2.22. The summed E-state index contributed by atoms with van der Waals surface area (Å²) >= 11 is 0. The molecule has 2 rings (SSSR count). The number of anilines is 1. The molecule has 0 amide bonds. The van der Waals surface area contributed by atoms with Crippen LogP contribution in [-0.4, -0.2) is 9.55 Å². The van der Waals surface area contributed by atoms with Gasteiger partial charge in [-0.25, -0.2) is 4.98 Å². The van der Waals surface area contributed by atoms with Crippen LogP contribution in [-0.2, 0) is 6.54 Å². The predicted octanol–water partition coefficient (Wildman–Crippen LogP) is 3.27. The van der Waals surface area contributed by atoms with Crippen molar-refractivity contribution in [2.75, 3.05) is 5.73 Å². The van der Waals surface area contributed by atoms with Crippen molar-refractivity contribution in [2.45, 2.75) is 64.8 Å². The van der Waals surface area contributed by atoms with E-state index in [2.05, 4.69) is 25.3 Å². The molecule has 2 N–H and O–H groups in total. The van der Waals surface area contributed by atoms with Gasteiger partial charge in [0.15, 0.2) is 0 Å². The Kier molecular flexibility index (Phi) is 3.22. The average Bonchev–Trinajstić information content (AvgIpc) is 2.45. The van der Waals surface area contributed by atoms with Crippen LogP contribution in [0.5, 0.6) is 0 Å². The van der Waals surface area contributed by atoms with Gasteiger partial charge >= 0.3 is 0 Å². The third-order valence-electron chi connectivity index (χ3n) is 3.52. The molecule has 16 heavy (non-hydrogen) atoms. The highest BCUT2D eigenvalue weighted by molar-refractivity contribution is 5.42. The fraction of sp³-hybridized carbons (Fsp3) is 0.769. The number of hydrogen-bond donors (Lipinski definition) is 1. The van der Waals surface area contributed by atoms with E-state index in [4.69, 9.17) is 10.7 Å². The van der Waals surface area contributed by atoms with Crippen LogP contribution in [0, 0.1) is 0 Å². The third kappa shape index (κ3) is 1.83. The number of nitrogens with zero attached hydrogens (tertiary/aromatic N) is 2. The summed E-state index contributed by atoms with van der Waals surface area (Å²) in [6.07, 6.45) is 4.99. The van der Waals surface area contributed by atoms with Gasteiger partial charge in [-0.15, -0.1) is 0 Å². The van der Waals surface area contributed by atoms with E-state index in [1.165, 1.54) is 30.8 Å². The van der Waals surface area contributed by atoms with Crippen LogP contribution in [0.1, 0.15) is 69.8 Å². The lowest BCUT2D eigenvalue weighted by molar-refractivity contribution is 0.413. The Morgan fingerprint density at radius 2 is 2.12 bits per heavy atom. The zero-order valence-electron chi connectivity index (χ0n) is 10.7. The molecule has 1 aromatic rings. The summed E-state index contributed by atoms with van der Waals surface area (Å²) in [6.45, 7) is 7.57. The summed E-state index contributed by atoms with van der Waals surface area (Å²) in [5, 5.41) is 0. The van der Waals surface area contributed by atoms with Crippen LogP contribution >= 0.6 is 0 Å². The summed E-state index contributed by atoms with van der Waals surface area (Å²) in [6, 6.07) is 0. The topological polar surface area (TPSA) is 43.8 Å². The smallest absolute Gasteiger partial charge is 0.127 e. The van der Waals surface area contributed by atoms with E-state index in [1.807, 2.05) is 0 Å². The molecule has 0 spiro atoms. The van der Waals surface area contributed by atoms with Crippen molar-refractivity contribution in [2.24, 2.45) is 0 Å². The summed E-state index contributed by atoms with van der Waals surface area (Å²) in [4.78, 5) is 4.79. The maximum absolute atomic E-state index is 6.24. The number of nitrogen functional groups attached to an aromatic ring is 1. The minimum Gasteiger partial charge on any atom is -0.384 e. The first kappa shape index (κ1) is 11.5. The van der Waals surface area contributed by atoms with Gasteiger partial charge in [0, 0.05) is 18.4 Å². The highest BCUT2D eigenvalue weighted by Gasteiger charge is 2.27. The van der Waals surface area contributed by atoms with E-state index >= 15 is 0 Å². The number of rotatable bonds is 4. The Morgan fingerprint density at radius 1 is 1.44 bits per heavy atom. The molecule has 0 aliphatic heterocycles. The molecule has 0 aromatic carbocycles. The molecule has 1 heterocycles. The van der Waals surface area contributed by atoms with Gasteiger partial charge in [-0.05, 0) is 19.3 Å². The van der Waals surface area contributed by atoms with Crippen LogP contribution < -0.4 is 5.73 Å². The number of nitrogens with two attached hydrogens (primary N) is 1. The van der Waals surface area contributed by atoms with Gasteiger partial charge in [-0.1, -0.05) is 27.2 Å². The number of imidazole rings is 1. The van der Waals surface area contributed by atoms with Crippen LogP contribution in [0.4, 0.5) is 5.82 Å². The molecular formula is C13H23N3. The monoisotopic (exact) mass is 221 g/mol. The van der Waals surface area contributed by atoms with Crippen molar-refractivity contribution in [3.63, 3.8) is 0 Å². The van der Waals surface area contributed by atoms with Gasteiger partial charge in [0.05, 0.1) is 5.69 Å². The van der Waals surface area contributed by atoms with Crippen LogP contribution in [0.3, 0.4) is 0 Å². The third-order valence-corrected chi connectivity index (χ3v) is 3.52. The Bertz CT molecular complexity index is 361. The average molecular weight is 221 g/mol. The second-order valence-electron chi connectivity index (χ2n) is 5.17. The minimum atomic E-state index is 0.461. The predicted molar refractivity (Wildman–Crippen MR) is 67.6 cm³/mol. The summed E-state index contributed by atoms with van der Waals surface area (Å²) in [7, 11) is 0. The quantitative estimate of drug-likeness (QED) is 0.848. The Hall–Kier alpha value is -0.990. The molecule has 1 saturated carbocycles. The molecule has 0 radical (unpaired) electrons. The molecule has 1 fully saturated rings. The van der Waals surface area contributed by atoms with Crippen molar-refractivity contribution in [1.29, 1.82) is 0 Å². The maximum atomic E-state index is 6.24. The largest absolute Gasteiger partial charge is 0.384 e. The molecule has 0 bridgehead atoms. The fourth-order valence-corrected chi connectivity index (χ4v) is 2.38. The standard InChI is InChI=1S/C13H23N3/c1-4-8-16-12(14)11(10-6-5-7-10)15-13(16)9(2)3/h9-10H,4-8,14H2,1-3H3. The summed E-state index contributed by atoms with van der Waals surface area (Å²) in [5.74, 6) is 3.19. The van der Waals surface area contributed by atoms with Crippen molar-refractivity contribution in [1.82, 2.24) is 9.55 Å². The molecule has 0 atom stereocenters. The molecule has 90 valence electrons. The SMILES string of the molecule is CCCn1c(C(C)C)nc(C2CCC2)c1N. The normalized spacial score (nSPS) is 16.8. The Labute approximate surface area is 98.1 Å². The van der Waals surface area contributed by atoms with Crippen LogP contribution in [0.2, 0.25) is 0 Å². The second-order valence-corrected chi connectivity index (χ2v) is 5.17. The van der Waals surface area contributed by atoms with E-state index in [1.54, 1.807) is 0 Å². The first-order valence-corrected chi connectivity index (χ1v) is 6.50. The molecule has 3 heteroatoms. The molecule has 0 saturated heterocycles. The van der Waals surface area contributed by atoms with Crippen LogP contribution in [0.25, 0.3) is 0 Å². The van der Waals surface area contributed by atoms with Gasteiger partial charge in [0.1, 0.15) is 11.6 Å².